The van der Waals surface area contributed by atoms with Crippen LogP contribution in [-0.4, -0.2) is 46.5 Å². The van der Waals surface area contributed by atoms with Crippen LogP contribution in [0.3, 0.4) is 0 Å². The summed E-state index contributed by atoms with van der Waals surface area (Å²) in [5, 5.41) is 5.87. The van der Waals surface area contributed by atoms with E-state index in [-0.39, 0.29) is 17.7 Å². The average molecular weight is 504 g/mol. The highest BCUT2D eigenvalue weighted by molar-refractivity contribution is 5.92. The first-order valence-electron chi connectivity index (χ1n) is 13.2. The highest BCUT2D eigenvalue weighted by Gasteiger charge is 2.37. The molecule has 0 aliphatic heterocycles. The van der Waals surface area contributed by atoms with E-state index < -0.39 is 29.3 Å². The van der Waals surface area contributed by atoms with E-state index in [1.54, 1.807) is 25.7 Å². The molecule has 3 amide bonds. The van der Waals surface area contributed by atoms with E-state index >= 15 is 0 Å². The topological polar surface area (TPSA) is 87.7 Å². The molecule has 0 radical (unpaired) electrons. The van der Waals surface area contributed by atoms with Crippen molar-refractivity contribution in [1.29, 1.82) is 0 Å². The van der Waals surface area contributed by atoms with Gasteiger partial charge in [-0.25, -0.2) is 4.79 Å². The van der Waals surface area contributed by atoms with Gasteiger partial charge in [0.25, 0.3) is 0 Å². The summed E-state index contributed by atoms with van der Waals surface area (Å²) < 4.78 is 5.45. The first-order chi connectivity index (χ1) is 16.5. The largest absolute Gasteiger partial charge is 0.444 e. The third-order valence-electron chi connectivity index (χ3n) is 5.40. The van der Waals surface area contributed by atoms with Crippen LogP contribution in [0.1, 0.15) is 105 Å². The van der Waals surface area contributed by atoms with Crippen molar-refractivity contribution in [3.8, 4) is 0 Å². The average Bonchev–Trinajstić information content (AvgIpc) is 2.69. The van der Waals surface area contributed by atoms with Crippen molar-refractivity contribution in [3.05, 3.63) is 35.4 Å². The summed E-state index contributed by atoms with van der Waals surface area (Å²) in [6.07, 6.45) is 2.47. The van der Waals surface area contributed by atoms with Crippen molar-refractivity contribution in [2.75, 3.05) is 6.54 Å². The number of hydrogen-bond donors (Lipinski definition) is 2. The molecule has 1 aromatic carbocycles. The first-order valence-corrected chi connectivity index (χ1v) is 13.2. The molecular weight excluding hydrogens is 454 g/mol. The quantitative estimate of drug-likeness (QED) is 0.368. The van der Waals surface area contributed by atoms with Crippen LogP contribution in [-0.2, 0) is 14.3 Å². The lowest BCUT2D eigenvalue weighted by Gasteiger charge is -2.36. The number of nitrogens with one attached hydrogen (secondary N) is 2. The second-order valence-corrected chi connectivity index (χ2v) is 12.1. The fourth-order valence-electron chi connectivity index (χ4n) is 3.99. The highest BCUT2D eigenvalue weighted by atomic mass is 16.6. The number of alkyl carbamates (subject to hydrolysis) is 1. The van der Waals surface area contributed by atoms with Crippen LogP contribution in [0.15, 0.2) is 24.3 Å². The molecule has 1 rings (SSSR count). The minimum atomic E-state index is -0.816. The predicted octanol–water partition coefficient (Wildman–Crippen LogP) is 5.91. The predicted molar refractivity (Wildman–Crippen MR) is 146 cm³/mol. The minimum absolute atomic E-state index is 0.146. The van der Waals surface area contributed by atoms with Crippen LogP contribution in [0.2, 0.25) is 0 Å². The van der Waals surface area contributed by atoms with Gasteiger partial charge >= 0.3 is 6.09 Å². The molecular formula is C29H49N3O4. The van der Waals surface area contributed by atoms with Gasteiger partial charge in [0.2, 0.25) is 11.8 Å². The zero-order valence-corrected chi connectivity index (χ0v) is 24.2. The van der Waals surface area contributed by atoms with Crippen molar-refractivity contribution in [3.63, 3.8) is 0 Å². The van der Waals surface area contributed by atoms with Gasteiger partial charge in [-0.1, -0.05) is 63.4 Å². The van der Waals surface area contributed by atoms with E-state index in [1.165, 1.54) is 0 Å². The third-order valence-corrected chi connectivity index (χ3v) is 5.40. The molecule has 0 heterocycles. The summed E-state index contributed by atoms with van der Waals surface area (Å²) >= 11 is 0. The third kappa shape index (κ3) is 11.4. The van der Waals surface area contributed by atoms with Crippen LogP contribution in [0.25, 0.3) is 0 Å². The maximum absolute atomic E-state index is 14.1. The second kappa shape index (κ2) is 13.7. The number of amides is 3. The molecule has 0 aromatic heterocycles. The van der Waals surface area contributed by atoms with Gasteiger partial charge in [0, 0.05) is 12.1 Å². The number of hydrogen-bond acceptors (Lipinski definition) is 4. The van der Waals surface area contributed by atoms with Gasteiger partial charge in [0.15, 0.2) is 0 Å². The summed E-state index contributed by atoms with van der Waals surface area (Å²) in [4.78, 5) is 42.1. The van der Waals surface area contributed by atoms with Gasteiger partial charge < -0.3 is 20.3 Å². The van der Waals surface area contributed by atoms with Crippen LogP contribution in [0, 0.1) is 12.8 Å². The van der Waals surface area contributed by atoms with Gasteiger partial charge in [-0.15, -0.1) is 0 Å². The van der Waals surface area contributed by atoms with Crippen LogP contribution >= 0.6 is 0 Å². The van der Waals surface area contributed by atoms with Gasteiger partial charge in [-0.05, 0) is 72.8 Å². The molecule has 0 fully saturated rings. The molecule has 0 spiro atoms. The molecule has 36 heavy (non-hydrogen) atoms. The Hall–Kier alpha value is -2.57. The molecule has 0 saturated heterocycles. The Labute approximate surface area is 218 Å². The summed E-state index contributed by atoms with van der Waals surface area (Å²) in [7, 11) is 0. The van der Waals surface area contributed by atoms with E-state index in [2.05, 4.69) is 17.6 Å². The molecule has 204 valence electrons. The summed E-state index contributed by atoms with van der Waals surface area (Å²) in [6.45, 7) is 19.6. The van der Waals surface area contributed by atoms with Crippen LogP contribution in [0.5, 0.6) is 0 Å². The Morgan fingerprint density at radius 1 is 1.03 bits per heavy atom. The fourth-order valence-corrected chi connectivity index (χ4v) is 3.99. The van der Waals surface area contributed by atoms with Crippen molar-refractivity contribution in [1.82, 2.24) is 15.5 Å². The smallest absolute Gasteiger partial charge is 0.408 e. The molecule has 2 N–H and O–H groups in total. The number of benzene rings is 1. The van der Waals surface area contributed by atoms with Gasteiger partial charge in [-0.3, -0.25) is 9.59 Å². The summed E-state index contributed by atoms with van der Waals surface area (Å²) in [5.41, 5.74) is 0.603. The van der Waals surface area contributed by atoms with E-state index in [1.807, 2.05) is 65.8 Å². The molecule has 2 unspecified atom stereocenters. The molecule has 0 saturated carbocycles. The number of unbranched alkanes of at least 4 members (excludes halogenated alkanes) is 2. The van der Waals surface area contributed by atoms with Crippen molar-refractivity contribution >= 4 is 17.9 Å². The monoisotopic (exact) mass is 503 g/mol. The zero-order chi connectivity index (χ0) is 27.7. The van der Waals surface area contributed by atoms with E-state index in [0.29, 0.717) is 13.0 Å². The molecule has 0 bridgehead atoms. The molecule has 7 heteroatoms. The Balaban J connectivity index is 3.51. The lowest BCUT2D eigenvalue weighted by molar-refractivity contribution is -0.143. The van der Waals surface area contributed by atoms with Crippen LogP contribution < -0.4 is 10.6 Å². The molecule has 2 atom stereocenters. The Bertz CT molecular complexity index is 868. The summed E-state index contributed by atoms with van der Waals surface area (Å²) in [6, 6.07) is 6.09. The Kier molecular flexibility index (Phi) is 11.9. The Morgan fingerprint density at radius 2 is 1.67 bits per heavy atom. The summed E-state index contributed by atoms with van der Waals surface area (Å²) in [5.74, 6) is -0.369. The maximum atomic E-state index is 14.1. The number of carbonyl (C=O) groups excluding carboxylic acids is 3. The van der Waals surface area contributed by atoms with Gasteiger partial charge in [-0.2, -0.15) is 0 Å². The molecule has 1 aromatic rings. The Morgan fingerprint density at radius 3 is 2.17 bits per heavy atom. The van der Waals surface area contributed by atoms with Gasteiger partial charge in [0.05, 0.1) is 0 Å². The normalized spacial score (nSPS) is 13.6. The number of ether oxygens (including phenoxy) is 1. The van der Waals surface area contributed by atoms with Crippen LogP contribution in [0.4, 0.5) is 4.79 Å². The standard InChI is InChI=1S/C29H49N3O4/c1-11-12-13-17-32(26(34)23(18-20(2)3)30-27(35)36-29(8,9)10)24(25(33)31-28(5,6)7)22-16-14-15-21(4)19-22/h14-16,19-20,23-24H,11-13,17-18H2,1-10H3,(H,30,35)(H,31,33). The minimum Gasteiger partial charge on any atom is -0.444 e. The van der Waals surface area contributed by atoms with Gasteiger partial charge in [0.1, 0.15) is 17.7 Å². The number of rotatable bonds is 11. The number of nitrogens with zero attached hydrogens (tertiary/aromatic N) is 1. The number of aryl methyl sites for hydroxylation is 1. The second-order valence-electron chi connectivity index (χ2n) is 12.1. The van der Waals surface area contributed by atoms with E-state index in [9.17, 15) is 14.4 Å². The lowest BCUT2D eigenvalue weighted by Crippen LogP contribution is -2.55. The van der Waals surface area contributed by atoms with Crippen molar-refractivity contribution in [2.45, 2.75) is 118 Å². The highest BCUT2D eigenvalue weighted by Crippen LogP contribution is 2.26. The zero-order valence-electron chi connectivity index (χ0n) is 24.2. The maximum Gasteiger partial charge on any atom is 0.408 e. The molecule has 7 nitrogen and oxygen atoms in total. The van der Waals surface area contributed by atoms with E-state index in [0.717, 1.165) is 30.4 Å². The van der Waals surface area contributed by atoms with Crippen molar-refractivity contribution in [2.24, 2.45) is 5.92 Å². The molecule has 0 aliphatic carbocycles. The lowest BCUT2D eigenvalue weighted by atomic mass is 9.97. The van der Waals surface area contributed by atoms with Crippen molar-refractivity contribution < 1.29 is 19.1 Å². The fraction of sp³-hybridized carbons (Fsp3) is 0.690. The first kappa shape index (κ1) is 31.5. The molecule has 0 aliphatic rings. The number of carbonyl (C=O) groups is 3. The van der Waals surface area contributed by atoms with E-state index in [4.69, 9.17) is 4.74 Å². The SMILES string of the molecule is CCCCCN(C(=O)C(CC(C)C)NC(=O)OC(C)(C)C)C(C(=O)NC(C)(C)C)c1cccc(C)c1.